The second kappa shape index (κ2) is 4.52. The Morgan fingerprint density at radius 2 is 2.07 bits per heavy atom. The first-order valence-corrected chi connectivity index (χ1v) is 4.42. The molecule has 0 aromatic heterocycles. The Hall–Kier alpha value is -1.69. The molecule has 0 saturated heterocycles. The second-order valence-electron chi connectivity index (χ2n) is 3.14. The van der Waals surface area contributed by atoms with E-state index in [1.165, 1.54) is 7.11 Å². The lowest BCUT2D eigenvalue weighted by atomic mass is 10.2. The third-order valence-electron chi connectivity index (χ3n) is 1.67. The molecule has 0 N–H and O–H groups in total. The first-order valence-electron chi connectivity index (χ1n) is 4.42. The van der Waals surface area contributed by atoms with Gasteiger partial charge in [-0.3, -0.25) is 0 Å². The molecule has 0 fully saturated rings. The molecule has 0 spiro atoms. The minimum atomic E-state index is 0.118. The minimum absolute atomic E-state index is 0.118. The van der Waals surface area contributed by atoms with Crippen LogP contribution < -0.4 is 9.47 Å². The molecule has 0 aliphatic rings. The quantitative estimate of drug-likeness (QED) is 0.736. The lowest BCUT2D eigenvalue weighted by molar-refractivity contribution is 0.241. The van der Waals surface area contributed by atoms with Gasteiger partial charge in [0.1, 0.15) is 17.6 Å². The Morgan fingerprint density at radius 3 is 2.57 bits per heavy atom. The van der Waals surface area contributed by atoms with E-state index >= 15 is 0 Å². The van der Waals surface area contributed by atoms with Gasteiger partial charge in [0.15, 0.2) is 0 Å². The Labute approximate surface area is 83.9 Å². The van der Waals surface area contributed by atoms with Crippen LogP contribution in [0.2, 0.25) is 0 Å². The highest BCUT2D eigenvalue weighted by atomic mass is 16.5. The third-order valence-corrected chi connectivity index (χ3v) is 1.67. The molecule has 0 radical (unpaired) electrons. The molecule has 0 aliphatic heterocycles. The van der Waals surface area contributed by atoms with Crippen LogP contribution >= 0.6 is 0 Å². The van der Waals surface area contributed by atoms with E-state index in [4.69, 9.17) is 14.7 Å². The fraction of sp³-hybridized carbons (Fsp3) is 0.364. The van der Waals surface area contributed by atoms with E-state index in [-0.39, 0.29) is 6.10 Å². The maximum atomic E-state index is 8.75. The topological polar surface area (TPSA) is 42.2 Å². The van der Waals surface area contributed by atoms with Crippen LogP contribution in [0.5, 0.6) is 11.5 Å². The maximum absolute atomic E-state index is 8.75. The smallest absolute Gasteiger partial charge is 0.140 e. The predicted octanol–water partition coefficient (Wildman–Crippen LogP) is 2.35. The van der Waals surface area contributed by atoms with Gasteiger partial charge in [-0.25, -0.2) is 0 Å². The van der Waals surface area contributed by atoms with Gasteiger partial charge in [0.25, 0.3) is 0 Å². The van der Waals surface area contributed by atoms with Crippen LogP contribution in [0, 0.1) is 11.3 Å². The first kappa shape index (κ1) is 10.4. The summed E-state index contributed by atoms with van der Waals surface area (Å²) >= 11 is 0. The van der Waals surface area contributed by atoms with Gasteiger partial charge in [0.2, 0.25) is 0 Å². The number of methoxy groups -OCH3 is 1. The van der Waals surface area contributed by atoms with Crippen molar-refractivity contribution in [2.24, 2.45) is 0 Å². The van der Waals surface area contributed by atoms with Crippen LogP contribution in [-0.2, 0) is 0 Å². The summed E-state index contributed by atoms with van der Waals surface area (Å²) in [7, 11) is 1.54. The van der Waals surface area contributed by atoms with E-state index in [1.807, 2.05) is 19.9 Å². The van der Waals surface area contributed by atoms with E-state index in [0.29, 0.717) is 11.3 Å². The molecule has 0 bridgehead atoms. The third kappa shape index (κ3) is 2.40. The molecule has 1 rings (SSSR count). The van der Waals surface area contributed by atoms with Crippen molar-refractivity contribution in [2.75, 3.05) is 7.11 Å². The number of hydrogen-bond donors (Lipinski definition) is 0. The molecule has 3 heteroatoms. The lowest BCUT2D eigenvalue weighted by Gasteiger charge is -2.11. The average molecular weight is 191 g/mol. The van der Waals surface area contributed by atoms with Crippen molar-refractivity contribution in [3.05, 3.63) is 23.8 Å². The molecule has 0 unspecified atom stereocenters. The number of benzene rings is 1. The fourth-order valence-electron chi connectivity index (χ4n) is 1.11. The van der Waals surface area contributed by atoms with Gasteiger partial charge < -0.3 is 9.47 Å². The van der Waals surface area contributed by atoms with Gasteiger partial charge in [-0.05, 0) is 26.0 Å². The minimum Gasteiger partial charge on any atom is -0.495 e. The summed E-state index contributed by atoms with van der Waals surface area (Å²) in [5, 5.41) is 8.75. The molecular formula is C11H13NO2. The van der Waals surface area contributed by atoms with Gasteiger partial charge in [-0.1, -0.05) is 0 Å². The fourth-order valence-corrected chi connectivity index (χ4v) is 1.11. The highest BCUT2D eigenvalue weighted by Gasteiger charge is 2.05. The van der Waals surface area contributed by atoms with Crippen molar-refractivity contribution in [1.29, 1.82) is 5.26 Å². The van der Waals surface area contributed by atoms with E-state index in [1.54, 1.807) is 18.2 Å². The van der Waals surface area contributed by atoms with Crippen LogP contribution in [0.25, 0.3) is 0 Å². The largest absolute Gasteiger partial charge is 0.495 e. The number of nitrogens with zero attached hydrogens (tertiary/aromatic N) is 1. The summed E-state index contributed by atoms with van der Waals surface area (Å²) in [5.74, 6) is 1.27. The summed E-state index contributed by atoms with van der Waals surface area (Å²) < 4.78 is 10.5. The van der Waals surface area contributed by atoms with Crippen LogP contribution in [0.4, 0.5) is 0 Å². The zero-order chi connectivity index (χ0) is 10.6. The Bertz CT molecular complexity index is 353. The summed E-state index contributed by atoms with van der Waals surface area (Å²) in [6.45, 7) is 3.90. The highest BCUT2D eigenvalue weighted by molar-refractivity contribution is 5.47. The zero-order valence-corrected chi connectivity index (χ0v) is 8.57. The molecule has 74 valence electrons. The monoisotopic (exact) mass is 191 g/mol. The molecule has 0 amide bonds. The predicted molar refractivity (Wildman–Crippen MR) is 53.5 cm³/mol. The molecular weight excluding hydrogens is 178 g/mol. The van der Waals surface area contributed by atoms with Crippen molar-refractivity contribution in [2.45, 2.75) is 20.0 Å². The van der Waals surface area contributed by atoms with E-state index in [0.717, 1.165) is 5.75 Å². The summed E-state index contributed by atoms with van der Waals surface area (Å²) in [6, 6.07) is 7.22. The molecule has 1 aromatic carbocycles. The first-order chi connectivity index (χ1) is 6.67. The number of nitriles is 1. The summed E-state index contributed by atoms with van der Waals surface area (Å²) in [6.07, 6.45) is 0.118. The van der Waals surface area contributed by atoms with E-state index < -0.39 is 0 Å². The van der Waals surface area contributed by atoms with Crippen molar-refractivity contribution < 1.29 is 9.47 Å². The van der Waals surface area contributed by atoms with Crippen LogP contribution in [0.1, 0.15) is 19.4 Å². The van der Waals surface area contributed by atoms with Crippen LogP contribution in [-0.4, -0.2) is 13.2 Å². The van der Waals surface area contributed by atoms with Gasteiger partial charge in [0.05, 0.1) is 18.8 Å². The van der Waals surface area contributed by atoms with Crippen molar-refractivity contribution in [3.63, 3.8) is 0 Å². The Kier molecular flexibility index (Phi) is 3.35. The van der Waals surface area contributed by atoms with Crippen LogP contribution in [0.3, 0.4) is 0 Å². The SMILES string of the molecule is COc1cc(OC(C)C)ccc1C#N. The maximum Gasteiger partial charge on any atom is 0.140 e. The second-order valence-corrected chi connectivity index (χ2v) is 3.14. The average Bonchev–Trinajstić information content (AvgIpc) is 2.16. The summed E-state index contributed by atoms with van der Waals surface area (Å²) in [5.41, 5.74) is 0.517. The normalized spacial score (nSPS) is 9.64. The van der Waals surface area contributed by atoms with E-state index in [2.05, 4.69) is 0 Å². The van der Waals surface area contributed by atoms with Crippen molar-refractivity contribution in [1.82, 2.24) is 0 Å². The standard InChI is InChI=1S/C11H13NO2/c1-8(2)14-10-5-4-9(7-12)11(6-10)13-3/h4-6,8H,1-3H3. The van der Waals surface area contributed by atoms with E-state index in [9.17, 15) is 0 Å². The zero-order valence-electron chi connectivity index (χ0n) is 8.57. The van der Waals surface area contributed by atoms with Gasteiger partial charge in [-0.15, -0.1) is 0 Å². The lowest BCUT2D eigenvalue weighted by Crippen LogP contribution is -2.05. The molecule has 0 saturated carbocycles. The highest BCUT2D eigenvalue weighted by Crippen LogP contribution is 2.24. The molecule has 0 aliphatic carbocycles. The van der Waals surface area contributed by atoms with Crippen LogP contribution in [0.15, 0.2) is 18.2 Å². The van der Waals surface area contributed by atoms with Crippen molar-refractivity contribution in [3.8, 4) is 17.6 Å². The number of ether oxygens (including phenoxy) is 2. The Balaban J connectivity index is 2.97. The van der Waals surface area contributed by atoms with Crippen molar-refractivity contribution >= 4 is 0 Å². The molecule has 0 atom stereocenters. The number of hydrogen-bond acceptors (Lipinski definition) is 3. The molecule has 14 heavy (non-hydrogen) atoms. The molecule has 3 nitrogen and oxygen atoms in total. The van der Waals surface area contributed by atoms with Gasteiger partial charge in [0, 0.05) is 6.07 Å². The number of rotatable bonds is 3. The summed E-state index contributed by atoms with van der Waals surface area (Å²) in [4.78, 5) is 0. The van der Waals surface area contributed by atoms with Gasteiger partial charge >= 0.3 is 0 Å². The van der Waals surface area contributed by atoms with Gasteiger partial charge in [-0.2, -0.15) is 5.26 Å². The molecule has 1 aromatic rings. The molecule has 0 heterocycles. The Morgan fingerprint density at radius 1 is 1.36 bits per heavy atom.